The van der Waals surface area contributed by atoms with Gasteiger partial charge in [0.15, 0.2) is 0 Å². The number of benzene rings is 1. The van der Waals surface area contributed by atoms with Crippen LogP contribution in [-0.2, 0) is 0 Å². The van der Waals surface area contributed by atoms with Crippen molar-refractivity contribution in [3.05, 3.63) is 23.8 Å². The van der Waals surface area contributed by atoms with E-state index in [-0.39, 0.29) is 0 Å². The molecule has 0 bridgehead atoms. The second-order valence-corrected chi connectivity index (χ2v) is 5.41. The molecule has 5 heteroatoms. The molecule has 1 unspecified atom stereocenters. The molecule has 0 aliphatic carbocycles. The molecular formula is C12H17N3OS. The number of carbonyl (C=O) groups is 1. The van der Waals surface area contributed by atoms with Crippen molar-refractivity contribution >= 4 is 29.0 Å². The summed E-state index contributed by atoms with van der Waals surface area (Å²) in [6.07, 6.45) is 0. The molecular weight excluding hydrogens is 234 g/mol. The van der Waals surface area contributed by atoms with Gasteiger partial charge in [0.05, 0.1) is 11.4 Å². The minimum Gasteiger partial charge on any atom is -0.397 e. The number of rotatable bonds is 2. The quantitative estimate of drug-likeness (QED) is 0.777. The maximum Gasteiger partial charge on any atom is 0.248 e. The predicted molar refractivity (Wildman–Crippen MR) is 73.5 cm³/mol. The zero-order chi connectivity index (χ0) is 12.4. The van der Waals surface area contributed by atoms with Crippen molar-refractivity contribution in [2.75, 3.05) is 28.7 Å². The smallest absolute Gasteiger partial charge is 0.248 e. The molecule has 1 aliphatic rings. The minimum atomic E-state index is -0.439. The van der Waals surface area contributed by atoms with Crippen molar-refractivity contribution in [2.24, 2.45) is 5.73 Å². The Hall–Kier alpha value is -1.36. The Morgan fingerprint density at radius 3 is 2.88 bits per heavy atom. The summed E-state index contributed by atoms with van der Waals surface area (Å²) in [5, 5.41) is 0. The van der Waals surface area contributed by atoms with E-state index in [1.54, 1.807) is 12.1 Å². The van der Waals surface area contributed by atoms with Crippen LogP contribution in [0.3, 0.4) is 0 Å². The number of amides is 1. The van der Waals surface area contributed by atoms with Gasteiger partial charge in [-0.1, -0.05) is 0 Å². The number of nitrogens with zero attached hydrogens (tertiary/aromatic N) is 1. The maximum atomic E-state index is 11.1. The van der Waals surface area contributed by atoms with E-state index >= 15 is 0 Å². The fourth-order valence-electron chi connectivity index (χ4n) is 2.05. The molecule has 0 radical (unpaired) electrons. The van der Waals surface area contributed by atoms with Crippen LogP contribution in [0.4, 0.5) is 11.4 Å². The molecule has 0 saturated carbocycles. The minimum absolute atomic E-state index is 0.439. The van der Waals surface area contributed by atoms with Gasteiger partial charge in [0.25, 0.3) is 0 Å². The van der Waals surface area contributed by atoms with Crippen LogP contribution in [-0.4, -0.2) is 30.0 Å². The monoisotopic (exact) mass is 251 g/mol. The van der Waals surface area contributed by atoms with Gasteiger partial charge in [0.1, 0.15) is 0 Å². The van der Waals surface area contributed by atoms with Crippen LogP contribution < -0.4 is 16.4 Å². The lowest BCUT2D eigenvalue weighted by Crippen LogP contribution is -2.40. The van der Waals surface area contributed by atoms with Crippen LogP contribution in [0.5, 0.6) is 0 Å². The summed E-state index contributed by atoms with van der Waals surface area (Å²) in [5.41, 5.74) is 13.3. The number of thioether (sulfide) groups is 1. The summed E-state index contributed by atoms with van der Waals surface area (Å²) in [6, 6.07) is 5.76. The number of nitrogens with two attached hydrogens (primary N) is 2. The van der Waals surface area contributed by atoms with Crippen molar-refractivity contribution < 1.29 is 4.79 Å². The van der Waals surface area contributed by atoms with E-state index in [2.05, 4.69) is 11.8 Å². The number of hydrogen-bond acceptors (Lipinski definition) is 4. The number of hydrogen-bond donors (Lipinski definition) is 2. The number of carbonyl (C=O) groups excluding carboxylic acids is 1. The van der Waals surface area contributed by atoms with E-state index in [0.29, 0.717) is 17.3 Å². The molecule has 4 N–H and O–H groups in total. The van der Waals surface area contributed by atoms with Gasteiger partial charge in [-0.3, -0.25) is 4.79 Å². The van der Waals surface area contributed by atoms with Gasteiger partial charge in [-0.2, -0.15) is 11.8 Å². The highest BCUT2D eigenvalue weighted by Crippen LogP contribution is 2.29. The largest absolute Gasteiger partial charge is 0.397 e. The number of anilines is 2. The number of nitrogen functional groups attached to an aromatic ring is 1. The molecule has 1 atom stereocenters. The lowest BCUT2D eigenvalue weighted by Gasteiger charge is -2.35. The van der Waals surface area contributed by atoms with Crippen LogP contribution in [0.25, 0.3) is 0 Å². The molecule has 17 heavy (non-hydrogen) atoms. The first-order valence-electron chi connectivity index (χ1n) is 5.63. The first-order chi connectivity index (χ1) is 8.09. The summed E-state index contributed by atoms with van der Waals surface area (Å²) in [6.45, 7) is 3.18. The van der Waals surface area contributed by atoms with E-state index in [9.17, 15) is 4.79 Å². The van der Waals surface area contributed by atoms with E-state index < -0.39 is 5.91 Å². The zero-order valence-electron chi connectivity index (χ0n) is 9.85. The van der Waals surface area contributed by atoms with Crippen LogP contribution in [0, 0.1) is 0 Å². The third-order valence-corrected chi connectivity index (χ3v) is 4.18. The molecule has 4 nitrogen and oxygen atoms in total. The Bertz CT molecular complexity index is 436. The highest BCUT2D eigenvalue weighted by Gasteiger charge is 2.20. The molecule has 1 aromatic carbocycles. The van der Waals surface area contributed by atoms with E-state index in [0.717, 1.165) is 23.7 Å². The Morgan fingerprint density at radius 1 is 1.53 bits per heavy atom. The molecule has 1 saturated heterocycles. The van der Waals surface area contributed by atoms with E-state index in [1.165, 1.54) is 0 Å². The van der Waals surface area contributed by atoms with Gasteiger partial charge in [0.2, 0.25) is 5.91 Å². The average molecular weight is 251 g/mol. The summed E-state index contributed by atoms with van der Waals surface area (Å²) in [4.78, 5) is 13.3. The first kappa shape index (κ1) is 12.1. The van der Waals surface area contributed by atoms with Crippen LogP contribution >= 0.6 is 11.8 Å². The highest BCUT2D eigenvalue weighted by molar-refractivity contribution is 7.99. The van der Waals surface area contributed by atoms with E-state index in [1.807, 2.05) is 17.8 Å². The van der Waals surface area contributed by atoms with Crippen molar-refractivity contribution in [2.45, 2.75) is 13.0 Å². The average Bonchev–Trinajstić information content (AvgIpc) is 2.30. The third kappa shape index (κ3) is 2.49. The van der Waals surface area contributed by atoms with Crippen molar-refractivity contribution in [3.63, 3.8) is 0 Å². The second kappa shape index (κ2) is 4.87. The zero-order valence-corrected chi connectivity index (χ0v) is 10.7. The van der Waals surface area contributed by atoms with E-state index in [4.69, 9.17) is 11.5 Å². The Balaban J connectivity index is 2.29. The molecule has 0 spiro atoms. The van der Waals surface area contributed by atoms with Crippen LogP contribution in [0.15, 0.2) is 18.2 Å². The molecule has 1 amide bonds. The Kier molecular flexibility index (Phi) is 3.47. The molecule has 1 heterocycles. The first-order valence-corrected chi connectivity index (χ1v) is 6.79. The molecule has 2 rings (SSSR count). The molecule has 0 aromatic heterocycles. The van der Waals surface area contributed by atoms with Gasteiger partial charge >= 0.3 is 0 Å². The van der Waals surface area contributed by atoms with Gasteiger partial charge < -0.3 is 16.4 Å². The fraction of sp³-hybridized carbons (Fsp3) is 0.417. The molecule has 1 aliphatic heterocycles. The number of primary amides is 1. The van der Waals surface area contributed by atoms with Gasteiger partial charge in [-0.05, 0) is 25.1 Å². The summed E-state index contributed by atoms with van der Waals surface area (Å²) in [5.74, 6) is 1.78. The topological polar surface area (TPSA) is 72.3 Å². The van der Waals surface area contributed by atoms with Gasteiger partial charge in [-0.15, -0.1) is 0 Å². The van der Waals surface area contributed by atoms with Crippen molar-refractivity contribution in [1.82, 2.24) is 0 Å². The molecule has 1 fully saturated rings. The van der Waals surface area contributed by atoms with Crippen molar-refractivity contribution in [1.29, 1.82) is 0 Å². The second-order valence-electron chi connectivity index (χ2n) is 4.26. The SMILES string of the molecule is CC1CSCCN1c1ccc(C(N)=O)cc1N. The maximum absolute atomic E-state index is 11.1. The standard InChI is InChI=1S/C12H17N3OS/c1-8-7-17-5-4-15(8)11-3-2-9(12(14)16)6-10(11)13/h2-3,6,8H,4-5,7,13H2,1H3,(H2,14,16). The van der Waals surface area contributed by atoms with Gasteiger partial charge in [0, 0.05) is 29.7 Å². The third-order valence-electron chi connectivity index (χ3n) is 2.99. The fourth-order valence-corrected chi connectivity index (χ4v) is 3.07. The summed E-state index contributed by atoms with van der Waals surface area (Å²) >= 11 is 1.96. The lowest BCUT2D eigenvalue weighted by atomic mass is 10.1. The predicted octanol–water partition coefficient (Wildman–Crippen LogP) is 1.31. The van der Waals surface area contributed by atoms with Crippen LogP contribution in [0.1, 0.15) is 17.3 Å². The lowest BCUT2D eigenvalue weighted by molar-refractivity contribution is 0.100. The van der Waals surface area contributed by atoms with Crippen molar-refractivity contribution in [3.8, 4) is 0 Å². The highest BCUT2D eigenvalue weighted by atomic mass is 32.2. The Labute approximate surface area is 105 Å². The summed E-state index contributed by atoms with van der Waals surface area (Å²) in [7, 11) is 0. The normalized spacial score (nSPS) is 20.3. The Morgan fingerprint density at radius 2 is 2.29 bits per heavy atom. The summed E-state index contributed by atoms with van der Waals surface area (Å²) < 4.78 is 0. The molecule has 92 valence electrons. The molecule has 1 aromatic rings. The van der Waals surface area contributed by atoms with Crippen LogP contribution in [0.2, 0.25) is 0 Å². The van der Waals surface area contributed by atoms with Gasteiger partial charge in [-0.25, -0.2) is 0 Å².